The first-order valence-corrected chi connectivity index (χ1v) is 6.66. The number of benzene rings is 1. The molecule has 0 fully saturated rings. The monoisotopic (exact) mass is 298 g/mol. The van der Waals surface area contributed by atoms with Crippen molar-refractivity contribution >= 4 is 17.3 Å². The lowest BCUT2D eigenvalue weighted by atomic mass is 10.2. The molecule has 1 rings (SSSR count). The van der Waals surface area contributed by atoms with E-state index in [1.54, 1.807) is 25.3 Å². The highest BCUT2D eigenvalue weighted by Gasteiger charge is 2.08. The van der Waals surface area contributed by atoms with E-state index in [0.29, 0.717) is 23.7 Å². The number of nitrogens with one attached hydrogen (secondary N) is 1. The summed E-state index contributed by atoms with van der Waals surface area (Å²) < 4.78 is 10.3. The zero-order chi connectivity index (χ0) is 15.0. The molecule has 0 aromatic heterocycles. The van der Waals surface area contributed by atoms with E-state index in [0.717, 1.165) is 5.69 Å². The van der Waals surface area contributed by atoms with Crippen molar-refractivity contribution in [2.75, 3.05) is 32.2 Å². The third-order valence-electron chi connectivity index (χ3n) is 2.61. The van der Waals surface area contributed by atoms with Crippen molar-refractivity contribution in [3.8, 4) is 6.07 Å². The van der Waals surface area contributed by atoms with Crippen LogP contribution in [0.25, 0.3) is 0 Å². The smallest absolute Gasteiger partial charge is 0.101 e. The molecule has 1 aromatic rings. The van der Waals surface area contributed by atoms with Gasteiger partial charge in [-0.3, -0.25) is 0 Å². The molecule has 5 nitrogen and oxygen atoms in total. The van der Waals surface area contributed by atoms with Crippen LogP contribution >= 0.6 is 11.6 Å². The van der Waals surface area contributed by atoms with Crippen LogP contribution in [0.15, 0.2) is 18.2 Å². The van der Waals surface area contributed by atoms with Gasteiger partial charge in [-0.2, -0.15) is 5.26 Å². The predicted octanol–water partition coefficient (Wildman–Crippen LogP) is 2.04. The Labute approximate surface area is 124 Å². The highest BCUT2D eigenvalue weighted by atomic mass is 35.5. The number of aliphatic hydroxyl groups is 1. The number of ether oxygens (including phenoxy) is 2. The minimum Gasteiger partial charge on any atom is -0.389 e. The second-order valence-electron chi connectivity index (χ2n) is 4.44. The highest BCUT2D eigenvalue weighted by Crippen LogP contribution is 2.20. The van der Waals surface area contributed by atoms with Crippen molar-refractivity contribution in [3.05, 3.63) is 28.8 Å². The molecule has 2 N–H and O–H groups in total. The number of nitriles is 1. The summed E-state index contributed by atoms with van der Waals surface area (Å²) in [5, 5.41) is 22.0. The highest BCUT2D eigenvalue weighted by molar-refractivity contribution is 6.32. The van der Waals surface area contributed by atoms with Gasteiger partial charge >= 0.3 is 0 Å². The molecule has 0 aliphatic heterocycles. The summed E-state index contributed by atoms with van der Waals surface area (Å²) in [6.45, 7) is 2.93. The van der Waals surface area contributed by atoms with Gasteiger partial charge in [0.1, 0.15) is 6.07 Å². The van der Waals surface area contributed by atoms with Gasteiger partial charge in [0.25, 0.3) is 0 Å². The van der Waals surface area contributed by atoms with Crippen molar-refractivity contribution in [1.82, 2.24) is 0 Å². The Morgan fingerprint density at radius 3 is 2.80 bits per heavy atom. The van der Waals surface area contributed by atoms with Gasteiger partial charge in [-0.05, 0) is 25.1 Å². The quantitative estimate of drug-likeness (QED) is 0.768. The van der Waals surface area contributed by atoms with E-state index < -0.39 is 6.10 Å². The fourth-order valence-electron chi connectivity index (χ4n) is 1.57. The fourth-order valence-corrected chi connectivity index (χ4v) is 1.79. The zero-order valence-electron chi connectivity index (χ0n) is 11.6. The lowest BCUT2D eigenvalue weighted by Gasteiger charge is -2.17. The van der Waals surface area contributed by atoms with Crippen molar-refractivity contribution in [2.24, 2.45) is 0 Å². The Hall–Kier alpha value is -1.32. The molecule has 6 heteroatoms. The summed E-state index contributed by atoms with van der Waals surface area (Å²) in [6.07, 6.45) is -0.692. The van der Waals surface area contributed by atoms with Crippen molar-refractivity contribution in [1.29, 1.82) is 5.26 Å². The standard InChI is InChI=1S/C14H19ClN2O3/c1-10(8-19-2)20-9-13(18)7-17-12-4-3-11(6-16)14(15)5-12/h3-5,10,13,17-18H,7-9H2,1-2H3. The Balaban J connectivity index is 2.36. The Kier molecular flexibility index (Phi) is 7.34. The van der Waals surface area contributed by atoms with E-state index in [9.17, 15) is 5.11 Å². The van der Waals surface area contributed by atoms with Crippen LogP contribution in [0.1, 0.15) is 12.5 Å². The number of halogens is 1. The molecular formula is C14H19ClN2O3. The van der Waals surface area contributed by atoms with Crippen LogP contribution in [0.5, 0.6) is 0 Å². The summed E-state index contributed by atoms with van der Waals surface area (Å²) in [4.78, 5) is 0. The fraction of sp³-hybridized carbons (Fsp3) is 0.500. The van der Waals surface area contributed by atoms with Gasteiger partial charge in [-0.25, -0.2) is 0 Å². The molecule has 0 aliphatic carbocycles. The lowest BCUT2D eigenvalue weighted by Crippen LogP contribution is -2.28. The van der Waals surface area contributed by atoms with E-state index in [4.69, 9.17) is 26.3 Å². The number of anilines is 1. The van der Waals surface area contributed by atoms with E-state index in [2.05, 4.69) is 5.32 Å². The Morgan fingerprint density at radius 2 is 2.20 bits per heavy atom. The SMILES string of the molecule is COCC(C)OCC(O)CNc1ccc(C#N)c(Cl)c1. The molecular weight excluding hydrogens is 280 g/mol. The first kappa shape index (κ1) is 16.7. The van der Waals surface area contributed by atoms with E-state index >= 15 is 0 Å². The summed E-state index contributed by atoms with van der Waals surface area (Å²) >= 11 is 5.92. The average Bonchev–Trinajstić information content (AvgIpc) is 2.43. The molecule has 0 heterocycles. The van der Waals surface area contributed by atoms with Crippen molar-refractivity contribution in [2.45, 2.75) is 19.1 Å². The molecule has 0 saturated carbocycles. The average molecular weight is 299 g/mol. The summed E-state index contributed by atoms with van der Waals surface area (Å²) in [5.74, 6) is 0. The molecule has 0 bridgehead atoms. The largest absolute Gasteiger partial charge is 0.389 e. The van der Waals surface area contributed by atoms with Crippen LogP contribution < -0.4 is 5.32 Å². The zero-order valence-corrected chi connectivity index (χ0v) is 12.4. The van der Waals surface area contributed by atoms with Gasteiger partial charge in [-0.15, -0.1) is 0 Å². The first-order chi connectivity index (χ1) is 9.56. The molecule has 2 unspecified atom stereocenters. The van der Waals surface area contributed by atoms with Crippen molar-refractivity contribution in [3.63, 3.8) is 0 Å². The van der Waals surface area contributed by atoms with Crippen LogP contribution in [0.2, 0.25) is 5.02 Å². The maximum absolute atomic E-state index is 9.78. The van der Waals surface area contributed by atoms with Gasteiger partial charge in [0.2, 0.25) is 0 Å². The van der Waals surface area contributed by atoms with Gasteiger partial charge in [0.15, 0.2) is 0 Å². The molecule has 110 valence electrons. The first-order valence-electron chi connectivity index (χ1n) is 6.29. The molecule has 0 aliphatic rings. The number of methoxy groups -OCH3 is 1. The normalized spacial score (nSPS) is 13.6. The van der Waals surface area contributed by atoms with E-state index in [1.807, 2.05) is 13.0 Å². The molecule has 1 aromatic carbocycles. The third-order valence-corrected chi connectivity index (χ3v) is 2.92. The molecule has 0 radical (unpaired) electrons. The minimum absolute atomic E-state index is 0.0565. The van der Waals surface area contributed by atoms with Gasteiger partial charge < -0.3 is 19.9 Å². The van der Waals surface area contributed by atoms with Crippen LogP contribution in [-0.4, -0.2) is 44.2 Å². The van der Waals surface area contributed by atoms with Gasteiger partial charge in [0.05, 0.1) is 36.0 Å². The summed E-state index contributed by atoms with van der Waals surface area (Å²) in [7, 11) is 1.60. The second-order valence-corrected chi connectivity index (χ2v) is 4.85. The number of hydrogen-bond donors (Lipinski definition) is 2. The molecule has 0 saturated heterocycles. The van der Waals surface area contributed by atoms with Gasteiger partial charge in [0, 0.05) is 19.3 Å². The predicted molar refractivity (Wildman–Crippen MR) is 78.0 cm³/mol. The van der Waals surface area contributed by atoms with Gasteiger partial charge in [-0.1, -0.05) is 11.6 Å². The minimum atomic E-state index is -0.635. The molecule has 0 spiro atoms. The number of aliphatic hydroxyl groups excluding tert-OH is 1. The second kappa shape index (κ2) is 8.77. The molecule has 0 amide bonds. The number of nitrogens with zero attached hydrogens (tertiary/aromatic N) is 1. The topological polar surface area (TPSA) is 74.5 Å². The number of rotatable bonds is 8. The summed E-state index contributed by atoms with van der Waals surface area (Å²) in [5.41, 5.74) is 1.17. The number of hydrogen-bond acceptors (Lipinski definition) is 5. The molecule has 2 atom stereocenters. The van der Waals surface area contributed by atoms with Crippen LogP contribution in [0, 0.1) is 11.3 Å². The van der Waals surface area contributed by atoms with E-state index in [-0.39, 0.29) is 12.7 Å². The van der Waals surface area contributed by atoms with E-state index in [1.165, 1.54) is 0 Å². The Bertz CT molecular complexity index is 462. The van der Waals surface area contributed by atoms with Crippen LogP contribution in [-0.2, 0) is 9.47 Å². The van der Waals surface area contributed by atoms with Crippen LogP contribution in [0.3, 0.4) is 0 Å². The Morgan fingerprint density at radius 1 is 1.45 bits per heavy atom. The summed E-state index contributed by atoms with van der Waals surface area (Å²) in [6, 6.07) is 7.02. The van der Waals surface area contributed by atoms with Crippen molar-refractivity contribution < 1.29 is 14.6 Å². The maximum Gasteiger partial charge on any atom is 0.101 e. The molecule has 20 heavy (non-hydrogen) atoms. The van der Waals surface area contributed by atoms with Crippen LogP contribution in [0.4, 0.5) is 5.69 Å². The maximum atomic E-state index is 9.78. The lowest BCUT2D eigenvalue weighted by molar-refractivity contribution is -0.0282. The third kappa shape index (κ3) is 5.76.